The maximum Gasteiger partial charge on any atom is 0.352 e. The number of likely N-dealkylation sites (tertiary alicyclic amines) is 1. The number of carbonyl (C=O) groups is 1. The molecular weight excluding hydrogens is 392 g/mol. The van der Waals surface area contributed by atoms with E-state index in [-0.39, 0.29) is 5.69 Å². The first kappa shape index (κ1) is 19.8. The van der Waals surface area contributed by atoms with Gasteiger partial charge in [-0.05, 0) is 55.3 Å². The number of β-amino-alcohol motifs (C(OH)–C–C–N with tert-alkyl or cyclic N) is 1. The van der Waals surface area contributed by atoms with Gasteiger partial charge in [0.05, 0.1) is 7.11 Å². The number of aromatic nitrogens is 1. The second-order valence-electron chi connectivity index (χ2n) is 7.55. The van der Waals surface area contributed by atoms with Gasteiger partial charge >= 0.3 is 5.97 Å². The molecule has 1 saturated heterocycles. The lowest BCUT2D eigenvalue weighted by Crippen LogP contribution is -2.45. The Morgan fingerprint density at radius 2 is 2.14 bits per heavy atom. The van der Waals surface area contributed by atoms with E-state index < -0.39 is 11.6 Å². The van der Waals surface area contributed by atoms with Crippen LogP contribution >= 0.6 is 11.6 Å². The van der Waals surface area contributed by atoms with Crippen LogP contribution < -0.4 is 4.74 Å². The Balaban J connectivity index is 1.65. The first-order valence-electron chi connectivity index (χ1n) is 9.52. The number of ether oxygens (including phenoxy) is 1. The molecule has 1 atom stereocenters. The summed E-state index contributed by atoms with van der Waals surface area (Å²) in [5.74, 6) is -0.306. The molecule has 1 aliphatic rings. The monoisotopic (exact) mass is 414 g/mol. The highest BCUT2D eigenvalue weighted by molar-refractivity contribution is 6.31. The average molecular weight is 415 g/mol. The van der Waals surface area contributed by atoms with Gasteiger partial charge in [0.15, 0.2) is 0 Å². The first-order chi connectivity index (χ1) is 13.9. The molecule has 0 aliphatic carbocycles. The summed E-state index contributed by atoms with van der Waals surface area (Å²) in [5.41, 5.74) is 1.38. The molecule has 29 heavy (non-hydrogen) atoms. The molecule has 0 saturated carbocycles. The molecule has 1 aliphatic heterocycles. The van der Waals surface area contributed by atoms with Gasteiger partial charge < -0.3 is 19.9 Å². The summed E-state index contributed by atoms with van der Waals surface area (Å²) in [6, 6.07) is 12.8. The van der Waals surface area contributed by atoms with Crippen LogP contribution in [0.2, 0.25) is 5.02 Å². The minimum atomic E-state index is -1.01. The number of methoxy groups -OCH3 is 1. The summed E-state index contributed by atoms with van der Waals surface area (Å²) in [6.45, 7) is 1.60. The van der Waals surface area contributed by atoms with Crippen molar-refractivity contribution in [1.29, 1.82) is 0 Å². The molecule has 0 radical (unpaired) electrons. The van der Waals surface area contributed by atoms with Crippen LogP contribution in [0.5, 0.6) is 5.75 Å². The number of aromatic amines is 1. The number of piperidine rings is 1. The number of H-pyrrole nitrogens is 1. The molecule has 7 heteroatoms. The molecule has 2 heterocycles. The minimum absolute atomic E-state index is 0.165. The van der Waals surface area contributed by atoms with Crippen molar-refractivity contribution in [1.82, 2.24) is 9.88 Å². The number of aromatic carboxylic acids is 1. The van der Waals surface area contributed by atoms with Crippen LogP contribution in [0.4, 0.5) is 0 Å². The number of benzene rings is 2. The number of nitrogens with one attached hydrogen (secondary N) is 1. The molecule has 1 unspecified atom stereocenters. The van der Waals surface area contributed by atoms with Crippen LogP contribution in [0.15, 0.2) is 42.5 Å². The van der Waals surface area contributed by atoms with Crippen molar-refractivity contribution in [2.45, 2.75) is 25.0 Å². The fraction of sp³-hybridized carbons (Fsp3) is 0.318. The zero-order valence-corrected chi connectivity index (χ0v) is 16.9. The molecule has 6 nitrogen and oxygen atoms in total. The van der Waals surface area contributed by atoms with Gasteiger partial charge in [-0.2, -0.15) is 0 Å². The molecule has 1 aromatic heterocycles. The van der Waals surface area contributed by atoms with Gasteiger partial charge in [-0.15, -0.1) is 0 Å². The number of hydrogen-bond acceptors (Lipinski definition) is 4. The number of rotatable bonds is 5. The number of carboxylic acid groups (broad SMARTS) is 1. The highest BCUT2D eigenvalue weighted by Crippen LogP contribution is 2.35. The third kappa shape index (κ3) is 3.83. The molecular formula is C22H23ClN2O4. The average Bonchev–Trinajstić information content (AvgIpc) is 3.06. The van der Waals surface area contributed by atoms with Crippen molar-refractivity contribution in [3.63, 3.8) is 0 Å². The van der Waals surface area contributed by atoms with Gasteiger partial charge in [0, 0.05) is 34.6 Å². The number of carboxylic acids is 1. The van der Waals surface area contributed by atoms with Crippen LogP contribution in [0, 0.1) is 0 Å². The van der Waals surface area contributed by atoms with Crippen molar-refractivity contribution in [3.05, 3.63) is 64.3 Å². The van der Waals surface area contributed by atoms with Gasteiger partial charge in [0.25, 0.3) is 0 Å². The second kappa shape index (κ2) is 7.71. The molecule has 152 valence electrons. The third-order valence-corrected chi connectivity index (χ3v) is 5.86. The van der Waals surface area contributed by atoms with Gasteiger partial charge in [-0.25, -0.2) is 4.79 Å². The zero-order chi connectivity index (χ0) is 20.6. The topological polar surface area (TPSA) is 85.8 Å². The van der Waals surface area contributed by atoms with Crippen molar-refractivity contribution in [2.75, 3.05) is 20.2 Å². The predicted molar refractivity (Wildman–Crippen MR) is 112 cm³/mol. The lowest BCUT2D eigenvalue weighted by Gasteiger charge is -2.39. The summed E-state index contributed by atoms with van der Waals surface area (Å²) in [5, 5.41) is 22.4. The Hall–Kier alpha value is -2.54. The Labute approximate surface area is 173 Å². The largest absolute Gasteiger partial charge is 0.497 e. The van der Waals surface area contributed by atoms with E-state index in [1.165, 1.54) is 0 Å². The summed E-state index contributed by atoms with van der Waals surface area (Å²) in [7, 11) is 1.60. The van der Waals surface area contributed by atoms with Crippen LogP contribution in [0.1, 0.15) is 34.5 Å². The lowest BCUT2D eigenvalue weighted by atomic mass is 9.85. The maximum atomic E-state index is 11.8. The first-order valence-corrected chi connectivity index (χ1v) is 9.90. The van der Waals surface area contributed by atoms with E-state index in [1.54, 1.807) is 25.3 Å². The summed E-state index contributed by atoms with van der Waals surface area (Å²) < 4.78 is 5.30. The van der Waals surface area contributed by atoms with Gasteiger partial charge in [-0.1, -0.05) is 23.7 Å². The fourth-order valence-electron chi connectivity index (χ4n) is 4.20. The molecule has 1 fully saturated rings. The van der Waals surface area contributed by atoms with Crippen LogP contribution in [-0.2, 0) is 12.1 Å². The molecule has 0 bridgehead atoms. The van der Waals surface area contributed by atoms with Gasteiger partial charge in [0.2, 0.25) is 0 Å². The maximum absolute atomic E-state index is 11.8. The Kier molecular flexibility index (Phi) is 5.25. The number of nitrogens with zero attached hydrogens (tertiary/aromatic N) is 1. The quantitative estimate of drug-likeness (QED) is 0.587. The second-order valence-corrected chi connectivity index (χ2v) is 7.99. The normalized spacial score (nSPS) is 20.1. The van der Waals surface area contributed by atoms with E-state index in [9.17, 15) is 15.0 Å². The molecule has 0 spiro atoms. The number of hydrogen-bond donors (Lipinski definition) is 3. The SMILES string of the molecule is COc1cccc(C2(O)CCCN(Cc3c(C(=O)O)[nH]c4ccc(Cl)cc34)C2)c1. The molecule has 0 amide bonds. The van der Waals surface area contributed by atoms with E-state index in [0.29, 0.717) is 35.8 Å². The Morgan fingerprint density at radius 1 is 1.31 bits per heavy atom. The molecule has 4 rings (SSSR count). The Morgan fingerprint density at radius 3 is 2.90 bits per heavy atom. The van der Waals surface area contributed by atoms with E-state index in [2.05, 4.69) is 9.88 Å². The standard InChI is InChI=1S/C22H23ClN2O4/c1-29-16-5-2-4-14(10-16)22(28)8-3-9-25(13-22)12-18-17-11-15(23)6-7-19(17)24-20(18)21(26)27/h2,4-7,10-11,24,28H,3,8-9,12-13H2,1H3,(H,26,27). The summed E-state index contributed by atoms with van der Waals surface area (Å²) in [4.78, 5) is 16.9. The van der Waals surface area contributed by atoms with E-state index >= 15 is 0 Å². The highest BCUT2D eigenvalue weighted by atomic mass is 35.5. The van der Waals surface area contributed by atoms with Crippen molar-refractivity contribution in [3.8, 4) is 5.75 Å². The summed E-state index contributed by atoms with van der Waals surface area (Å²) in [6.07, 6.45) is 1.45. The van der Waals surface area contributed by atoms with Crippen molar-refractivity contribution < 1.29 is 19.7 Å². The molecule has 3 aromatic rings. The zero-order valence-electron chi connectivity index (χ0n) is 16.1. The minimum Gasteiger partial charge on any atom is -0.497 e. The Bertz CT molecular complexity index is 1060. The van der Waals surface area contributed by atoms with E-state index in [1.807, 2.05) is 24.3 Å². The fourth-order valence-corrected chi connectivity index (χ4v) is 4.37. The van der Waals surface area contributed by atoms with E-state index in [0.717, 1.165) is 29.4 Å². The lowest BCUT2D eigenvalue weighted by molar-refractivity contribution is -0.0382. The molecule has 3 N–H and O–H groups in total. The van der Waals surface area contributed by atoms with Crippen LogP contribution in [-0.4, -0.2) is 46.3 Å². The number of fused-ring (bicyclic) bond motifs is 1. The van der Waals surface area contributed by atoms with Gasteiger partial charge in [0.1, 0.15) is 17.0 Å². The van der Waals surface area contributed by atoms with Crippen LogP contribution in [0.3, 0.4) is 0 Å². The number of halogens is 1. The predicted octanol–water partition coefficient (Wildman–Crippen LogP) is 4.01. The van der Waals surface area contributed by atoms with Crippen LogP contribution in [0.25, 0.3) is 10.9 Å². The van der Waals surface area contributed by atoms with Gasteiger partial charge in [-0.3, -0.25) is 4.90 Å². The third-order valence-electron chi connectivity index (χ3n) is 5.62. The van der Waals surface area contributed by atoms with Crippen molar-refractivity contribution in [2.24, 2.45) is 0 Å². The summed E-state index contributed by atoms with van der Waals surface area (Å²) >= 11 is 6.15. The smallest absolute Gasteiger partial charge is 0.352 e. The number of aliphatic hydroxyl groups is 1. The van der Waals surface area contributed by atoms with Crippen molar-refractivity contribution >= 4 is 28.5 Å². The highest BCUT2D eigenvalue weighted by Gasteiger charge is 2.36. The van der Waals surface area contributed by atoms with E-state index in [4.69, 9.17) is 16.3 Å². The molecule has 2 aromatic carbocycles.